The highest BCUT2D eigenvalue weighted by Crippen LogP contribution is 2.27. The zero-order chi connectivity index (χ0) is 25.3. The van der Waals surface area contributed by atoms with Crippen molar-refractivity contribution in [3.05, 3.63) is 83.9 Å². The second kappa shape index (κ2) is 12.1. The van der Waals surface area contributed by atoms with E-state index in [2.05, 4.69) is 17.3 Å². The summed E-state index contributed by atoms with van der Waals surface area (Å²) >= 11 is 0. The third-order valence-electron chi connectivity index (χ3n) is 6.09. The Labute approximate surface area is 211 Å². The summed E-state index contributed by atoms with van der Waals surface area (Å²) in [5.74, 6) is 1.69. The van der Waals surface area contributed by atoms with E-state index in [1.54, 1.807) is 18.2 Å². The molecule has 36 heavy (non-hydrogen) atoms. The van der Waals surface area contributed by atoms with Crippen molar-refractivity contribution in [1.82, 2.24) is 4.90 Å². The lowest BCUT2D eigenvalue weighted by molar-refractivity contribution is -0.111. The number of carbonyl (C=O) groups is 1. The quantitative estimate of drug-likeness (QED) is 0.408. The van der Waals surface area contributed by atoms with Crippen molar-refractivity contribution in [3.63, 3.8) is 0 Å². The third kappa shape index (κ3) is 7.02. The maximum absolute atomic E-state index is 12.5. The Balaban J connectivity index is 1.31. The van der Waals surface area contributed by atoms with Crippen molar-refractivity contribution in [1.29, 1.82) is 0 Å². The second-order valence-corrected chi connectivity index (χ2v) is 8.79. The molecule has 0 aromatic heterocycles. The van der Waals surface area contributed by atoms with Crippen LogP contribution in [0.5, 0.6) is 23.0 Å². The summed E-state index contributed by atoms with van der Waals surface area (Å²) in [4.78, 5) is 14.8. The Kier molecular flexibility index (Phi) is 8.47. The van der Waals surface area contributed by atoms with Crippen molar-refractivity contribution < 1.29 is 24.1 Å². The van der Waals surface area contributed by atoms with Crippen LogP contribution in [0.25, 0.3) is 6.08 Å². The summed E-state index contributed by atoms with van der Waals surface area (Å²) in [7, 11) is 3.62. The van der Waals surface area contributed by atoms with E-state index < -0.39 is 0 Å². The Hall–Kier alpha value is -3.97. The molecule has 3 aromatic carbocycles. The van der Waals surface area contributed by atoms with Crippen molar-refractivity contribution in [3.8, 4) is 23.0 Å². The summed E-state index contributed by atoms with van der Waals surface area (Å²) in [6, 6.07) is 20.1. The molecule has 0 radical (unpaired) electrons. The first-order valence-corrected chi connectivity index (χ1v) is 12.0. The molecule has 1 amide bonds. The van der Waals surface area contributed by atoms with Gasteiger partial charge in [-0.05, 0) is 74.0 Å². The van der Waals surface area contributed by atoms with Crippen LogP contribution in [0.1, 0.15) is 24.0 Å². The van der Waals surface area contributed by atoms with E-state index in [0.717, 1.165) is 43.0 Å². The molecule has 1 fully saturated rings. The van der Waals surface area contributed by atoms with E-state index in [4.69, 9.17) is 14.2 Å². The van der Waals surface area contributed by atoms with E-state index in [0.29, 0.717) is 23.6 Å². The van der Waals surface area contributed by atoms with Gasteiger partial charge in [-0.25, -0.2) is 0 Å². The minimum atomic E-state index is -0.284. The van der Waals surface area contributed by atoms with Crippen LogP contribution in [0.3, 0.4) is 0 Å². The highest BCUT2D eigenvalue weighted by Gasteiger charge is 2.18. The number of para-hydroxylation sites is 1. The van der Waals surface area contributed by atoms with E-state index in [1.165, 1.54) is 19.3 Å². The van der Waals surface area contributed by atoms with E-state index >= 15 is 0 Å². The standard InChI is InChI=1S/C29H32N2O5/c1-31-17-15-25(16-18-31)36-24-11-9-23(10-12-24)35-20-22-5-3-4-6-26(22)30-29(33)14-8-21-7-13-28(34-2)27(32)19-21/h3-14,19,25,32H,15-18,20H2,1-2H3,(H,30,33). The molecule has 7 nitrogen and oxygen atoms in total. The van der Waals surface area contributed by atoms with Crippen LogP contribution in [-0.4, -0.2) is 49.3 Å². The number of nitrogens with one attached hydrogen (secondary N) is 1. The monoisotopic (exact) mass is 488 g/mol. The van der Waals surface area contributed by atoms with Gasteiger partial charge >= 0.3 is 0 Å². The lowest BCUT2D eigenvalue weighted by Crippen LogP contribution is -2.35. The molecule has 1 saturated heterocycles. The molecule has 188 valence electrons. The van der Waals surface area contributed by atoms with Gasteiger partial charge in [0, 0.05) is 30.4 Å². The van der Waals surface area contributed by atoms with E-state index in [9.17, 15) is 9.90 Å². The number of benzene rings is 3. The normalized spacial score (nSPS) is 14.5. The number of nitrogens with zero attached hydrogens (tertiary/aromatic N) is 1. The van der Waals surface area contributed by atoms with Crippen LogP contribution < -0.4 is 19.5 Å². The van der Waals surface area contributed by atoms with Gasteiger partial charge in [0.15, 0.2) is 11.5 Å². The number of piperidine rings is 1. The van der Waals surface area contributed by atoms with Gasteiger partial charge in [0.1, 0.15) is 24.2 Å². The number of phenols is 1. The molecular weight excluding hydrogens is 456 g/mol. The van der Waals surface area contributed by atoms with Crippen LogP contribution in [0.4, 0.5) is 5.69 Å². The molecule has 0 spiro atoms. The molecule has 0 saturated carbocycles. The van der Waals surface area contributed by atoms with Crippen LogP contribution in [0.15, 0.2) is 72.8 Å². The number of methoxy groups -OCH3 is 1. The molecule has 3 aromatic rings. The van der Waals surface area contributed by atoms with Gasteiger partial charge in [-0.15, -0.1) is 0 Å². The zero-order valence-corrected chi connectivity index (χ0v) is 20.6. The number of hydrogen-bond donors (Lipinski definition) is 2. The first-order chi connectivity index (χ1) is 17.5. The van der Waals surface area contributed by atoms with Gasteiger partial charge in [-0.3, -0.25) is 4.79 Å². The number of aromatic hydroxyl groups is 1. The minimum Gasteiger partial charge on any atom is -0.504 e. The van der Waals surface area contributed by atoms with Crippen molar-refractivity contribution in [2.75, 3.05) is 32.6 Å². The largest absolute Gasteiger partial charge is 0.504 e. The lowest BCUT2D eigenvalue weighted by atomic mass is 10.1. The molecule has 0 unspecified atom stereocenters. The number of phenolic OH excluding ortho intramolecular Hbond substituents is 1. The Bertz CT molecular complexity index is 1180. The number of amides is 1. The summed E-state index contributed by atoms with van der Waals surface area (Å²) in [6.07, 6.45) is 5.38. The SMILES string of the molecule is COc1ccc(C=CC(=O)Nc2ccccc2COc2ccc(OC3CCN(C)CC3)cc2)cc1O. The predicted molar refractivity (Wildman–Crippen MR) is 141 cm³/mol. The van der Waals surface area contributed by atoms with Crippen molar-refractivity contribution in [2.45, 2.75) is 25.6 Å². The van der Waals surface area contributed by atoms with Crippen LogP contribution in [0.2, 0.25) is 0 Å². The predicted octanol–water partition coefficient (Wildman–Crippen LogP) is 5.10. The summed E-state index contributed by atoms with van der Waals surface area (Å²) in [5, 5.41) is 12.8. The van der Waals surface area contributed by atoms with Gasteiger partial charge in [-0.1, -0.05) is 24.3 Å². The van der Waals surface area contributed by atoms with E-state index in [1.807, 2.05) is 48.5 Å². The van der Waals surface area contributed by atoms with Crippen LogP contribution in [0, 0.1) is 0 Å². The van der Waals surface area contributed by atoms with Crippen LogP contribution in [-0.2, 0) is 11.4 Å². The first kappa shape index (κ1) is 25.1. The molecule has 7 heteroatoms. The molecule has 0 bridgehead atoms. The second-order valence-electron chi connectivity index (χ2n) is 8.79. The molecule has 1 aliphatic rings. The number of ether oxygens (including phenoxy) is 3. The number of likely N-dealkylation sites (tertiary alicyclic amines) is 1. The first-order valence-electron chi connectivity index (χ1n) is 12.0. The number of rotatable bonds is 9. The average molecular weight is 489 g/mol. The molecule has 4 rings (SSSR count). The van der Waals surface area contributed by atoms with Gasteiger partial charge in [-0.2, -0.15) is 0 Å². The molecule has 1 heterocycles. The molecule has 1 aliphatic heterocycles. The molecule has 0 atom stereocenters. The fraction of sp³-hybridized carbons (Fsp3) is 0.276. The zero-order valence-electron chi connectivity index (χ0n) is 20.6. The van der Waals surface area contributed by atoms with Gasteiger partial charge in [0.05, 0.1) is 7.11 Å². The Morgan fingerprint density at radius 1 is 1.06 bits per heavy atom. The molecule has 2 N–H and O–H groups in total. The Morgan fingerprint density at radius 3 is 2.50 bits per heavy atom. The number of anilines is 1. The fourth-order valence-corrected chi connectivity index (χ4v) is 4.00. The topological polar surface area (TPSA) is 80.3 Å². The van der Waals surface area contributed by atoms with Crippen LogP contribution >= 0.6 is 0 Å². The van der Waals surface area contributed by atoms with Gasteiger partial charge in [0.2, 0.25) is 5.91 Å². The highest BCUT2D eigenvalue weighted by atomic mass is 16.5. The smallest absolute Gasteiger partial charge is 0.248 e. The van der Waals surface area contributed by atoms with Gasteiger partial charge in [0.25, 0.3) is 0 Å². The maximum Gasteiger partial charge on any atom is 0.248 e. The lowest BCUT2D eigenvalue weighted by Gasteiger charge is -2.29. The van der Waals surface area contributed by atoms with Crippen molar-refractivity contribution in [2.24, 2.45) is 0 Å². The Morgan fingerprint density at radius 2 is 1.78 bits per heavy atom. The summed E-state index contributed by atoms with van der Waals surface area (Å²) in [6.45, 7) is 2.42. The average Bonchev–Trinajstić information content (AvgIpc) is 2.89. The summed E-state index contributed by atoms with van der Waals surface area (Å²) < 4.78 is 17.1. The number of hydrogen-bond acceptors (Lipinski definition) is 6. The molecule has 0 aliphatic carbocycles. The number of carbonyl (C=O) groups excluding carboxylic acids is 1. The molecular formula is C29H32N2O5. The highest BCUT2D eigenvalue weighted by molar-refractivity contribution is 6.02. The maximum atomic E-state index is 12.5. The fourth-order valence-electron chi connectivity index (χ4n) is 4.00. The third-order valence-corrected chi connectivity index (χ3v) is 6.09. The summed E-state index contributed by atoms with van der Waals surface area (Å²) in [5.41, 5.74) is 2.21. The minimum absolute atomic E-state index is 0.0176. The van der Waals surface area contributed by atoms with E-state index in [-0.39, 0.29) is 17.8 Å². The van der Waals surface area contributed by atoms with Crippen molar-refractivity contribution >= 4 is 17.7 Å². The van der Waals surface area contributed by atoms with Gasteiger partial charge < -0.3 is 29.5 Å².